The summed E-state index contributed by atoms with van der Waals surface area (Å²) in [6.45, 7) is 4.34. The van der Waals surface area contributed by atoms with Crippen LogP contribution < -0.4 is 9.47 Å². The first-order chi connectivity index (χ1) is 14.2. The van der Waals surface area contributed by atoms with Gasteiger partial charge in [-0.2, -0.15) is 0 Å². The fraction of sp³-hybridized carbons (Fsp3) is 0.400. The van der Waals surface area contributed by atoms with Gasteiger partial charge in [0.25, 0.3) is 0 Å². The van der Waals surface area contributed by atoms with Gasteiger partial charge in [0, 0.05) is 12.4 Å². The molecule has 0 aliphatic carbocycles. The maximum absolute atomic E-state index is 12.6. The summed E-state index contributed by atoms with van der Waals surface area (Å²) in [5, 5.41) is 11.7. The van der Waals surface area contributed by atoms with Crippen LogP contribution in [0.1, 0.15) is 43.7 Å². The lowest BCUT2D eigenvalue weighted by Crippen LogP contribution is -2.28. The largest absolute Gasteiger partial charge is 0.573 e. The summed E-state index contributed by atoms with van der Waals surface area (Å²) in [4.78, 5) is 8.58. The second kappa shape index (κ2) is 8.95. The molecule has 0 amide bonds. The number of thiazole rings is 1. The number of alkyl halides is 3. The summed E-state index contributed by atoms with van der Waals surface area (Å²) in [6.07, 6.45) is -0.0692. The number of aromatic nitrogens is 2. The highest BCUT2D eigenvalue weighted by atomic mass is 35.5. The van der Waals surface area contributed by atoms with Gasteiger partial charge in [-0.05, 0) is 31.0 Å². The van der Waals surface area contributed by atoms with E-state index in [2.05, 4.69) is 14.7 Å². The number of rotatable bonds is 8. The summed E-state index contributed by atoms with van der Waals surface area (Å²) < 4.78 is 47.9. The molecule has 1 unspecified atom stereocenters. The van der Waals surface area contributed by atoms with Crippen LogP contribution in [0.2, 0.25) is 5.02 Å². The molecule has 1 atom stereocenters. The molecule has 0 aliphatic rings. The Morgan fingerprint density at radius 2 is 1.90 bits per heavy atom. The maximum atomic E-state index is 12.6. The van der Waals surface area contributed by atoms with Crippen LogP contribution in [0.3, 0.4) is 0 Å². The van der Waals surface area contributed by atoms with Crippen molar-refractivity contribution in [3.8, 4) is 11.5 Å². The highest BCUT2D eigenvalue weighted by molar-refractivity contribution is 7.19. The normalized spacial score (nSPS) is 14.0. The van der Waals surface area contributed by atoms with Gasteiger partial charge in [-0.3, -0.25) is 4.98 Å². The first-order valence-corrected chi connectivity index (χ1v) is 10.5. The standard InChI is InChI=1S/C20H20ClF3N2O3S/c1-3-8-19(27,12-11-25-9-7-14(12)28-10-4-2)18-26-13-5-6-15(29-20(22,23)24)16(21)17(13)30-18/h5-7,9,11,27H,3-4,8,10H2,1-2H3. The van der Waals surface area contributed by atoms with E-state index in [0.717, 1.165) is 23.8 Å². The maximum Gasteiger partial charge on any atom is 0.573 e. The second-order valence-corrected chi connectivity index (χ2v) is 8.00. The summed E-state index contributed by atoms with van der Waals surface area (Å²) in [5.74, 6) is -0.0338. The fourth-order valence-corrected chi connectivity index (χ4v) is 4.51. The van der Waals surface area contributed by atoms with Crippen LogP contribution in [-0.4, -0.2) is 28.0 Å². The van der Waals surface area contributed by atoms with E-state index in [-0.39, 0.29) is 5.02 Å². The molecule has 0 bridgehead atoms. The summed E-state index contributed by atoms with van der Waals surface area (Å²) in [6, 6.07) is 4.16. The van der Waals surface area contributed by atoms with Crippen LogP contribution in [-0.2, 0) is 5.60 Å². The van der Waals surface area contributed by atoms with Crippen LogP contribution >= 0.6 is 22.9 Å². The van der Waals surface area contributed by atoms with Crippen molar-refractivity contribution in [1.29, 1.82) is 0 Å². The van der Waals surface area contributed by atoms with Gasteiger partial charge < -0.3 is 14.6 Å². The molecule has 3 aromatic rings. The van der Waals surface area contributed by atoms with Crippen molar-refractivity contribution in [2.75, 3.05) is 6.61 Å². The first kappa shape index (κ1) is 22.6. The molecular weight excluding hydrogens is 441 g/mol. The molecule has 0 fully saturated rings. The van der Waals surface area contributed by atoms with Gasteiger partial charge in [0.1, 0.15) is 27.1 Å². The topological polar surface area (TPSA) is 64.5 Å². The van der Waals surface area contributed by atoms with Crippen LogP contribution in [0.25, 0.3) is 10.2 Å². The van der Waals surface area contributed by atoms with Crippen LogP contribution in [0.15, 0.2) is 30.6 Å². The number of benzene rings is 1. The Bertz CT molecular complexity index is 1030. The van der Waals surface area contributed by atoms with Gasteiger partial charge in [0.2, 0.25) is 0 Å². The van der Waals surface area contributed by atoms with Crippen molar-refractivity contribution in [1.82, 2.24) is 9.97 Å². The molecular formula is C20H20ClF3N2O3S. The zero-order valence-corrected chi connectivity index (χ0v) is 17.9. The first-order valence-electron chi connectivity index (χ1n) is 9.34. The van der Waals surface area contributed by atoms with E-state index >= 15 is 0 Å². The number of nitrogens with zero attached hydrogens (tertiary/aromatic N) is 2. The Labute approximate surface area is 180 Å². The molecule has 2 aromatic heterocycles. The summed E-state index contributed by atoms with van der Waals surface area (Å²) >= 11 is 7.18. The highest BCUT2D eigenvalue weighted by Crippen LogP contribution is 2.45. The molecule has 10 heteroatoms. The minimum absolute atomic E-state index is 0.207. The van der Waals surface area contributed by atoms with Crippen molar-refractivity contribution in [2.24, 2.45) is 0 Å². The van der Waals surface area contributed by atoms with Crippen LogP contribution in [0, 0.1) is 0 Å². The molecule has 2 heterocycles. The van der Waals surface area contributed by atoms with Crippen molar-refractivity contribution in [2.45, 2.75) is 45.1 Å². The average molecular weight is 461 g/mol. The average Bonchev–Trinajstić information content (AvgIpc) is 3.14. The number of hydrogen-bond donors (Lipinski definition) is 1. The summed E-state index contributed by atoms with van der Waals surface area (Å²) in [7, 11) is 0. The zero-order chi connectivity index (χ0) is 21.9. The van der Waals surface area contributed by atoms with E-state index in [4.69, 9.17) is 16.3 Å². The van der Waals surface area contributed by atoms with E-state index in [1.165, 1.54) is 12.3 Å². The second-order valence-electron chi connectivity index (χ2n) is 6.62. The predicted octanol–water partition coefficient (Wildman–Crippen LogP) is 6.07. The molecule has 30 heavy (non-hydrogen) atoms. The SMILES string of the molecule is CCCOc1ccncc1C(O)(CCC)c1nc2ccc(OC(F)(F)F)c(Cl)c2s1. The van der Waals surface area contributed by atoms with Crippen molar-refractivity contribution >= 4 is 33.2 Å². The number of ether oxygens (including phenoxy) is 2. The molecule has 0 spiro atoms. The van der Waals surface area contributed by atoms with Crippen molar-refractivity contribution in [3.05, 3.63) is 46.2 Å². The predicted molar refractivity (Wildman–Crippen MR) is 109 cm³/mol. The Morgan fingerprint density at radius 3 is 2.57 bits per heavy atom. The van der Waals surface area contributed by atoms with Crippen molar-refractivity contribution in [3.63, 3.8) is 0 Å². The third kappa shape index (κ3) is 4.63. The van der Waals surface area contributed by atoms with Crippen LogP contribution in [0.5, 0.6) is 11.5 Å². The Balaban J connectivity index is 2.12. The molecule has 0 saturated carbocycles. The molecule has 1 N–H and O–H groups in total. The van der Waals surface area contributed by atoms with Crippen molar-refractivity contribution < 1.29 is 27.8 Å². The van der Waals surface area contributed by atoms with Gasteiger partial charge >= 0.3 is 6.36 Å². The molecule has 0 radical (unpaired) electrons. The molecule has 3 rings (SSSR count). The monoisotopic (exact) mass is 460 g/mol. The van der Waals surface area contributed by atoms with Crippen LogP contribution in [0.4, 0.5) is 13.2 Å². The third-order valence-corrected chi connectivity index (χ3v) is 6.07. The van der Waals surface area contributed by atoms with E-state index in [0.29, 0.717) is 46.0 Å². The fourth-order valence-electron chi connectivity index (χ4n) is 3.07. The quantitative estimate of drug-likeness (QED) is 0.442. The van der Waals surface area contributed by atoms with Gasteiger partial charge in [0.05, 0.1) is 22.4 Å². The number of pyridine rings is 1. The Kier molecular flexibility index (Phi) is 6.74. The number of aliphatic hydroxyl groups is 1. The molecule has 1 aromatic carbocycles. The minimum Gasteiger partial charge on any atom is -0.493 e. The number of fused-ring (bicyclic) bond motifs is 1. The number of halogens is 4. The lowest BCUT2D eigenvalue weighted by Gasteiger charge is -2.27. The van der Waals surface area contributed by atoms with E-state index < -0.39 is 17.7 Å². The highest BCUT2D eigenvalue weighted by Gasteiger charge is 2.38. The van der Waals surface area contributed by atoms with Gasteiger partial charge in [-0.15, -0.1) is 24.5 Å². The third-order valence-electron chi connectivity index (χ3n) is 4.34. The smallest absolute Gasteiger partial charge is 0.493 e. The summed E-state index contributed by atoms with van der Waals surface area (Å²) in [5.41, 5.74) is -0.726. The van der Waals surface area contributed by atoms with Gasteiger partial charge in [0.15, 0.2) is 0 Å². The lowest BCUT2D eigenvalue weighted by molar-refractivity contribution is -0.274. The zero-order valence-electron chi connectivity index (χ0n) is 16.3. The van der Waals surface area contributed by atoms with E-state index in [1.54, 1.807) is 12.3 Å². The Hall–Kier alpha value is -2.10. The molecule has 5 nitrogen and oxygen atoms in total. The molecule has 0 saturated heterocycles. The molecule has 0 aliphatic heterocycles. The molecule has 162 valence electrons. The van der Waals surface area contributed by atoms with E-state index in [1.807, 2.05) is 13.8 Å². The lowest BCUT2D eigenvalue weighted by atomic mass is 9.90. The Morgan fingerprint density at radius 1 is 1.13 bits per heavy atom. The van der Waals surface area contributed by atoms with Gasteiger partial charge in [-0.25, -0.2) is 4.98 Å². The minimum atomic E-state index is -4.87. The van der Waals surface area contributed by atoms with E-state index in [9.17, 15) is 18.3 Å². The number of hydrogen-bond acceptors (Lipinski definition) is 6. The van der Waals surface area contributed by atoms with Gasteiger partial charge in [-0.1, -0.05) is 31.9 Å².